The third-order valence-electron chi connectivity index (χ3n) is 5.28. The first-order valence-electron chi connectivity index (χ1n) is 8.69. The van der Waals surface area contributed by atoms with Crippen LogP contribution in [0.1, 0.15) is 42.0 Å². The Morgan fingerprint density at radius 3 is 2.58 bits per heavy atom. The Kier molecular flexibility index (Phi) is 4.32. The molecule has 1 aliphatic carbocycles. The van der Waals surface area contributed by atoms with Crippen molar-refractivity contribution < 1.29 is 14.7 Å². The van der Waals surface area contributed by atoms with Gasteiger partial charge in [-0.25, -0.2) is 0 Å². The number of carboxylic acid groups (broad SMARTS) is 1. The van der Waals surface area contributed by atoms with E-state index in [0.717, 1.165) is 16.1 Å². The van der Waals surface area contributed by atoms with Gasteiger partial charge in [-0.1, -0.05) is 36.4 Å². The fourth-order valence-electron chi connectivity index (χ4n) is 4.12. The Balaban J connectivity index is 1.80. The molecule has 1 N–H and O–H groups in total. The number of carbonyl (C=O) groups is 2. The Morgan fingerprint density at radius 2 is 1.92 bits per heavy atom. The number of nitrogens with zero attached hydrogens (tertiary/aromatic N) is 1. The Labute approximate surface area is 155 Å². The van der Waals surface area contributed by atoms with Gasteiger partial charge in [0.1, 0.15) is 5.92 Å². The molecule has 5 heteroatoms. The van der Waals surface area contributed by atoms with Crippen LogP contribution in [0.3, 0.4) is 0 Å². The first-order valence-corrected chi connectivity index (χ1v) is 9.56. The van der Waals surface area contributed by atoms with E-state index in [9.17, 15) is 14.7 Å². The molecule has 4 rings (SSSR count). The minimum absolute atomic E-state index is 0.0287. The molecule has 4 nitrogen and oxygen atoms in total. The number of thiophene rings is 1. The molecule has 0 amide bonds. The van der Waals surface area contributed by atoms with Crippen LogP contribution in [0.2, 0.25) is 0 Å². The number of hydrogen-bond acceptors (Lipinski definition) is 4. The average molecular weight is 365 g/mol. The fraction of sp³-hybridized carbons (Fsp3) is 0.286. The van der Waals surface area contributed by atoms with Gasteiger partial charge in [-0.05, 0) is 36.3 Å². The Morgan fingerprint density at radius 1 is 1.15 bits per heavy atom. The van der Waals surface area contributed by atoms with Crippen molar-refractivity contribution in [3.63, 3.8) is 0 Å². The highest BCUT2D eigenvalue weighted by atomic mass is 32.1. The number of aliphatic imine (C=N–C) groups is 1. The number of carboxylic acids is 1. The number of benzene rings is 1. The summed E-state index contributed by atoms with van der Waals surface area (Å²) in [6.45, 7) is 1.76. The van der Waals surface area contributed by atoms with E-state index in [1.54, 1.807) is 6.92 Å². The van der Waals surface area contributed by atoms with E-state index >= 15 is 0 Å². The van der Waals surface area contributed by atoms with Crippen LogP contribution >= 0.6 is 11.3 Å². The van der Waals surface area contributed by atoms with Crippen LogP contribution in [0.5, 0.6) is 0 Å². The smallest absolute Gasteiger partial charge is 0.313 e. The summed E-state index contributed by atoms with van der Waals surface area (Å²) in [5.41, 5.74) is 3.09. The summed E-state index contributed by atoms with van der Waals surface area (Å²) in [6, 6.07) is 13.8. The van der Waals surface area contributed by atoms with Gasteiger partial charge in [0.15, 0.2) is 5.78 Å². The van der Waals surface area contributed by atoms with Gasteiger partial charge in [0.2, 0.25) is 0 Å². The van der Waals surface area contributed by atoms with E-state index < -0.39 is 17.8 Å². The summed E-state index contributed by atoms with van der Waals surface area (Å²) in [5.74, 6) is -1.99. The molecule has 0 saturated heterocycles. The van der Waals surface area contributed by atoms with Crippen LogP contribution in [0, 0.1) is 5.92 Å². The monoisotopic (exact) mass is 365 g/mol. The van der Waals surface area contributed by atoms with Gasteiger partial charge in [-0.15, -0.1) is 11.3 Å². The van der Waals surface area contributed by atoms with Gasteiger partial charge in [0.25, 0.3) is 0 Å². The Hall–Kier alpha value is -2.53. The zero-order valence-electron chi connectivity index (χ0n) is 14.4. The van der Waals surface area contributed by atoms with Crippen molar-refractivity contribution in [1.29, 1.82) is 0 Å². The number of rotatable bonds is 3. The molecule has 2 aromatic rings. The molecule has 0 saturated carbocycles. The minimum atomic E-state index is -0.922. The largest absolute Gasteiger partial charge is 0.481 e. The molecular formula is C21H19NO3S. The molecule has 26 heavy (non-hydrogen) atoms. The van der Waals surface area contributed by atoms with E-state index in [-0.39, 0.29) is 11.7 Å². The van der Waals surface area contributed by atoms with E-state index in [4.69, 9.17) is 0 Å². The van der Waals surface area contributed by atoms with Gasteiger partial charge >= 0.3 is 5.97 Å². The van der Waals surface area contributed by atoms with E-state index in [1.165, 1.54) is 11.3 Å². The maximum absolute atomic E-state index is 13.1. The normalized spacial score (nSPS) is 25.7. The average Bonchev–Trinajstić information content (AvgIpc) is 3.15. The summed E-state index contributed by atoms with van der Waals surface area (Å²) >= 11 is 1.50. The lowest BCUT2D eigenvalue weighted by Gasteiger charge is -2.35. The number of aliphatic carboxylic acids is 1. The quantitative estimate of drug-likeness (QED) is 0.876. The van der Waals surface area contributed by atoms with Crippen molar-refractivity contribution in [3.8, 4) is 0 Å². The van der Waals surface area contributed by atoms with Crippen LogP contribution < -0.4 is 0 Å². The van der Waals surface area contributed by atoms with Crippen molar-refractivity contribution in [2.24, 2.45) is 10.9 Å². The molecule has 3 atom stereocenters. The molecule has 0 radical (unpaired) electrons. The molecule has 1 aliphatic heterocycles. The van der Waals surface area contributed by atoms with Gasteiger partial charge in [-0.3, -0.25) is 14.6 Å². The van der Waals surface area contributed by atoms with Crippen LogP contribution in [0.15, 0.2) is 64.1 Å². The maximum atomic E-state index is 13.1. The van der Waals surface area contributed by atoms with E-state index in [2.05, 4.69) is 4.99 Å². The predicted molar refractivity (Wildman–Crippen MR) is 102 cm³/mol. The predicted octanol–water partition coefficient (Wildman–Crippen LogP) is 4.41. The van der Waals surface area contributed by atoms with Crippen molar-refractivity contribution in [2.45, 2.75) is 31.6 Å². The Bertz CT molecular complexity index is 912. The van der Waals surface area contributed by atoms with Gasteiger partial charge in [0.05, 0.1) is 0 Å². The highest BCUT2D eigenvalue weighted by molar-refractivity contribution is 7.10. The molecule has 132 valence electrons. The minimum Gasteiger partial charge on any atom is -0.481 e. The lowest BCUT2D eigenvalue weighted by Crippen LogP contribution is -2.36. The van der Waals surface area contributed by atoms with Gasteiger partial charge < -0.3 is 5.11 Å². The summed E-state index contributed by atoms with van der Waals surface area (Å²) in [4.78, 5) is 30.5. The van der Waals surface area contributed by atoms with Gasteiger partial charge in [0, 0.05) is 34.2 Å². The first kappa shape index (κ1) is 16.9. The fourth-order valence-corrected chi connectivity index (χ4v) is 4.99. The van der Waals surface area contributed by atoms with Crippen LogP contribution in [0.4, 0.5) is 0 Å². The van der Waals surface area contributed by atoms with Gasteiger partial charge in [-0.2, -0.15) is 0 Å². The molecule has 2 heterocycles. The second-order valence-corrected chi connectivity index (χ2v) is 7.84. The van der Waals surface area contributed by atoms with E-state index in [1.807, 2.05) is 47.8 Å². The highest BCUT2D eigenvalue weighted by Gasteiger charge is 2.44. The van der Waals surface area contributed by atoms with Crippen molar-refractivity contribution in [2.75, 3.05) is 0 Å². The lowest BCUT2D eigenvalue weighted by molar-refractivity contribution is -0.139. The molecule has 0 bridgehead atoms. The molecule has 1 aromatic carbocycles. The first-order chi connectivity index (χ1) is 12.6. The number of allylic oxidation sites excluding steroid dienone is 2. The molecule has 0 fully saturated rings. The second-order valence-electron chi connectivity index (χ2n) is 6.86. The van der Waals surface area contributed by atoms with Crippen LogP contribution in [-0.2, 0) is 9.59 Å². The van der Waals surface area contributed by atoms with E-state index in [0.29, 0.717) is 24.1 Å². The third kappa shape index (κ3) is 2.82. The molecule has 2 aliphatic rings. The standard InChI is InChI=1S/C21H19NO3S/c1-12-18(21(24)25)20(17-8-5-9-26-17)19-15(22-12)10-14(11-16(19)23)13-6-3-2-4-7-13/h2-9,14,18,20H,10-11H2,1H3,(H,24,25). The third-order valence-corrected chi connectivity index (χ3v) is 6.23. The summed E-state index contributed by atoms with van der Waals surface area (Å²) < 4.78 is 0. The molecule has 0 spiro atoms. The number of ketones is 1. The maximum Gasteiger partial charge on any atom is 0.313 e. The second kappa shape index (κ2) is 6.65. The number of Topliss-reactive ketones (excluding diaryl/α,β-unsaturated/α-hetero) is 1. The highest BCUT2D eigenvalue weighted by Crippen LogP contribution is 2.47. The number of carbonyl (C=O) groups excluding carboxylic acids is 1. The topological polar surface area (TPSA) is 66.7 Å². The van der Waals surface area contributed by atoms with Crippen LogP contribution in [0.25, 0.3) is 0 Å². The SMILES string of the molecule is CC1=NC2=C(C(=O)CC(c3ccccc3)C2)C(c2cccs2)C1C(=O)O. The zero-order chi connectivity index (χ0) is 18.3. The van der Waals surface area contributed by atoms with Crippen molar-refractivity contribution in [1.82, 2.24) is 0 Å². The van der Waals surface area contributed by atoms with Crippen molar-refractivity contribution in [3.05, 3.63) is 69.6 Å². The van der Waals surface area contributed by atoms with Crippen LogP contribution in [-0.4, -0.2) is 22.6 Å². The lowest BCUT2D eigenvalue weighted by atomic mass is 9.71. The van der Waals surface area contributed by atoms with Crippen molar-refractivity contribution >= 4 is 28.8 Å². The summed E-state index contributed by atoms with van der Waals surface area (Å²) in [7, 11) is 0. The molecule has 1 aromatic heterocycles. The number of hydrogen-bond donors (Lipinski definition) is 1. The zero-order valence-corrected chi connectivity index (χ0v) is 15.2. The molecule has 3 unspecified atom stereocenters. The summed E-state index contributed by atoms with van der Waals surface area (Å²) in [6.07, 6.45) is 1.09. The summed E-state index contributed by atoms with van der Waals surface area (Å²) in [5, 5.41) is 11.7. The molecular weight excluding hydrogens is 346 g/mol.